The molecule has 2 unspecified atom stereocenters. The quantitative estimate of drug-likeness (QED) is 0.787. The van der Waals surface area contributed by atoms with E-state index in [0.717, 1.165) is 24.2 Å². The molecule has 1 aromatic carbocycles. The predicted molar refractivity (Wildman–Crippen MR) is 97.6 cm³/mol. The van der Waals surface area contributed by atoms with Crippen LogP contribution in [0.1, 0.15) is 24.8 Å². The van der Waals surface area contributed by atoms with Crippen LogP contribution in [0.15, 0.2) is 42.0 Å². The molecule has 0 saturated carbocycles. The van der Waals surface area contributed by atoms with Gasteiger partial charge in [-0.1, -0.05) is 36.4 Å². The van der Waals surface area contributed by atoms with Crippen molar-refractivity contribution < 1.29 is 19.4 Å². The van der Waals surface area contributed by atoms with E-state index >= 15 is 0 Å². The van der Waals surface area contributed by atoms with Crippen LogP contribution < -0.4 is 0 Å². The largest absolute Gasteiger partial charge is 0.480 e. The molecule has 2 aliphatic heterocycles. The maximum Gasteiger partial charge on any atom is 0.320 e. The highest BCUT2D eigenvalue weighted by molar-refractivity contribution is 5.84. The molecule has 6 heteroatoms. The fourth-order valence-electron chi connectivity index (χ4n) is 3.77. The summed E-state index contributed by atoms with van der Waals surface area (Å²) in [5.74, 6) is -0.876. The minimum absolute atomic E-state index is 0.0174. The lowest BCUT2D eigenvalue weighted by atomic mass is 10.1. The van der Waals surface area contributed by atoms with Gasteiger partial charge in [-0.25, -0.2) is 0 Å². The number of carboxylic acid groups (broad SMARTS) is 1. The number of hydrogen-bond donors (Lipinski definition) is 1. The van der Waals surface area contributed by atoms with Crippen molar-refractivity contribution in [3.05, 3.63) is 47.5 Å². The SMILES string of the molecule is CN(CC1=CCCOC1)C(=O)C1CCC(C(=O)O)N1Cc1ccccc1. The summed E-state index contributed by atoms with van der Waals surface area (Å²) in [7, 11) is 1.78. The number of amides is 1. The summed E-state index contributed by atoms with van der Waals surface area (Å²) in [6.45, 7) is 2.29. The Labute approximate surface area is 154 Å². The molecule has 0 bridgehead atoms. The van der Waals surface area contributed by atoms with Gasteiger partial charge in [0.2, 0.25) is 5.91 Å². The van der Waals surface area contributed by atoms with Crippen LogP contribution in [0.5, 0.6) is 0 Å². The minimum atomic E-state index is -0.859. The molecule has 3 rings (SSSR count). The molecule has 1 amide bonds. The van der Waals surface area contributed by atoms with Crippen molar-refractivity contribution in [3.63, 3.8) is 0 Å². The van der Waals surface area contributed by atoms with E-state index < -0.39 is 18.1 Å². The third-order valence-corrected chi connectivity index (χ3v) is 5.09. The van der Waals surface area contributed by atoms with Gasteiger partial charge in [-0.05, 0) is 30.4 Å². The molecule has 0 aliphatic carbocycles. The average Bonchev–Trinajstić information content (AvgIpc) is 3.06. The van der Waals surface area contributed by atoms with Gasteiger partial charge in [-0.3, -0.25) is 14.5 Å². The van der Waals surface area contributed by atoms with Gasteiger partial charge in [0.05, 0.1) is 19.3 Å². The smallest absolute Gasteiger partial charge is 0.320 e. The minimum Gasteiger partial charge on any atom is -0.480 e. The molecule has 0 spiro atoms. The van der Waals surface area contributed by atoms with Crippen LogP contribution in [0.3, 0.4) is 0 Å². The molecule has 2 aliphatic rings. The van der Waals surface area contributed by atoms with Crippen LogP contribution in [0.25, 0.3) is 0 Å². The first-order chi connectivity index (χ1) is 12.6. The molecule has 1 fully saturated rings. The van der Waals surface area contributed by atoms with Crippen LogP contribution in [-0.4, -0.2) is 65.7 Å². The summed E-state index contributed by atoms with van der Waals surface area (Å²) in [4.78, 5) is 28.2. The van der Waals surface area contributed by atoms with Gasteiger partial charge in [0, 0.05) is 20.1 Å². The number of benzene rings is 1. The summed E-state index contributed by atoms with van der Waals surface area (Å²) in [6.07, 6.45) is 4.08. The van der Waals surface area contributed by atoms with Gasteiger partial charge in [-0.15, -0.1) is 0 Å². The second-order valence-corrected chi connectivity index (χ2v) is 7.00. The Balaban J connectivity index is 1.72. The van der Waals surface area contributed by atoms with E-state index in [1.54, 1.807) is 11.9 Å². The summed E-state index contributed by atoms with van der Waals surface area (Å²) in [5.41, 5.74) is 2.12. The zero-order valence-electron chi connectivity index (χ0n) is 15.1. The Morgan fingerprint density at radius 1 is 1.23 bits per heavy atom. The standard InChI is InChI=1S/C20H26N2O4/c1-21(12-16-8-5-11-26-14-16)19(23)17-9-10-18(20(24)25)22(17)13-15-6-3-2-4-7-15/h2-4,6-8,17-18H,5,9-14H2,1H3,(H,24,25). The van der Waals surface area contributed by atoms with Crippen molar-refractivity contribution in [3.8, 4) is 0 Å². The van der Waals surface area contributed by atoms with Crippen LogP contribution >= 0.6 is 0 Å². The van der Waals surface area contributed by atoms with Crippen molar-refractivity contribution in [1.29, 1.82) is 0 Å². The number of carboxylic acids is 1. The number of hydrogen-bond acceptors (Lipinski definition) is 4. The number of ether oxygens (including phenoxy) is 1. The number of carbonyl (C=O) groups is 2. The molecule has 2 atom stereocenters. The summed E-state index contributed by atoms with van der Waals surface area (Å²) in [5, 5.41) is 9.57. The second-order valence-electron chi connectivity index (χ2n) is 7.00. The van der Waals surface area contributed by atoms with Crippen molar-refractivity contribution in [2.75, 3.05) is 26.8 Å². The molecule has 2 heterocycles. The summed E-state index contributed by atoms with van der Waals surface area (Å²) >= 11 is 0. The third kappa shape index (κ3) is 4.31. The number of rotatable bonds is 6. The van der Waals surface area contributed by atoms with Crippen LogP contribution in [0, 0.1) is 0 Å². The Hall–Kier alpha value is -2.18. The maximum absolute atomic E-state index is 13.0. The molecule has 140 valence electrons. The number of likely N-dealkylation sites (tertiary alicyclic amines) is 1. The van der Waals surface area contributed by atoms with E-state index in [1.165, 1.54) is 0 Å². The van der Waals surface area contributed by atoms with E-state index in [-0.39, 0.29) is 5.91 Å². The van der Waals surface area contributed by atoms with E-state index in [0.29, 0.717) is 32.5 Å². The fourth-order valence-corrected chi connectivity index (χ4v) is 3.77. The molecule has 1 N–H and O–H groups in total. The molecular weight excluding hydrogens is 332 g/mol. The third-order valence-electron chi connectivity index (χ3n) is 5.09. The topological polar surface area (TPSA) is 70.1 Å². The van der Waals surface area contributed by atoms with Crippen molar-refractivity contribution in [2.24, 2.45) is 0 Å². The molecule has 1 saturated heterocycles. The summed E-state index contributed by atoms with van der Waals surface area (Å²) in [6, 6.07) is 8.71. The number of carbonyl (C=O) groups excluding carboxylic acids is 1. The number of likely N-dealkylation sites (N-methyl/N-ethyl adjacent to an activating group) is 1. The summed E-state index contributed by atoms with van der Waals surface area (Å²) < 4.78 is 5.44. The van der Waals surface area contributed by atoms with Gasteiger partial charge < -0.3 is 14.7 Å². The first kappa shape index (κ1) is 18.6. The van der Waals surface area contributed by atoms with Crippen molar-refractivity contribution >= 4 is 11.9 Å². The first-order valence-corrected chi connectivity index (χ1v) is 9.09. The first-order valence-electron chi connectivity index (χ1n) is 9.09. The van der Waals surface area contributed by atoms with Crippen molar-refractivity contribution in [1.82, 2.24) is 9.80 Å². The lowest BCUT2D eigenvalue weighted by Crippen LogP contribution is -2.48. The highest BCUT2D eigenvalue weighted by Crippen LogP contribution is 2.28. The maximum atomic E-state index is 13.0. The van der Waals surface area contributed by atoms with E-state index in [9.17, 15) is 14.7 Å². The van der Waals surface area contributed by atoms with Gasteiger partial charge in [0.1, 0.15) is 6.04 Å². The fraction of sp³-hybridized carbons (Fsp3) is 0.500. The van der Waals surface area contributed by atoms with E-state index in [4.69, 9.17) is 4.74 Å². The highest BCUT2D eigenvalue weighted by atomic mass is 16.5. The van der Waals surface area contributed by atoms with Crippen LogP contribution in [0.4, 0.5) is 0 Å². The molecule has 1 aromatic rings. The average molecular weight is 358 g/mol. The van der Waals surface area contributed by atoms with Gasteiger partial charge in [-0.2, -0.15) is 0 Å². The Bertz CT molecular complexity index is 674. The number of nitrogens with zero attached hydrogens (tertiary/aromatic N) is 2. The zero-order valence-corrected chi connectivity index (χ0v) is 15.1. The zero-order chi connectivity index (χ0) is 18.5. The normalized spacial score (nSPS) is 23.5. The van der Waals surface area contributed by atoms with E-state index in [2.05, 4.69) is 6.08 Å². The molecular formula is C20H26N2O4. The number of aliphatic carboxylic acids is 1. The second kappa shape index (κ2) is 8.47. The predicted octanol–water partition coefficient (Wildman–Crippen LogP) is 1.91. The van der Waals surface area contributed by atoms with Gasteiger partial charge in [0.15, 0.2) is 0 Å². The lowest BCUT2D eigenvalue weighted by Gasteiger charge is -2.31. The Kier molecular flexibility index (Phi) is 6.06. The molecule has 0 radical (unpaired) electrons. The molecule has 0 aromatic heterocycles. The Morgan fingerprint density at radius 3 is 2.62 bits per heavy atom. The van der Waals surface area contributed by atoms with E-state index in [1.807, 2.05) is 35.2 Å². The van der Waals surface area contributed by atoms with Gasteiger partial charge >= 0.3 is 5.97 Å². The van der Waals surface area contributed by atoms with Crippen molar-refractivity contribution in [2.45, 2.75) is 37.9 Å². The molecule has 26 heavy (non-hydrogen) atoms. The Morgan fingerprint density at radius 2 is 1.96 bits per heavy atom. The van der Waals surface area contributed by atoms with Crippen LogP contribution in [-0.2, 0) is 20.9 Å². The highest BCUT2D eigenvalue weighted by Gasteiger charge is 2.42. The molecule has 6 nitrogen and oxygen atoms in total. The lowest BCUT2D eigenvalue weighted by molar-refractivity contribution is -0.144. The monoisotopic (exact) mass is 358 g/mol. The van der Waals surface area contributed by atoms with Gasteiger partial charge in [0.25, 0.3) is 0 Å². The van der Waals surface area contributed by atoms with Crippen LogP contribution in [0.2, 0.25) is 0 Å².